The van der Waals surface area contributed by atoms with Crippen molar-refractivity contribution in [2.75, 3.05) is 6.54 Å². The van der Waals surface area contributed by atoms with Crippen LogP contribution in [-0.4, -0.2) is 30.9 Å². The molecule has 0 bridgehead atoms. The molecule has 0 saturated carbocycles. The lowest BCUT2D eigenvalue weighted by molar-refractivity contribution is -0.0193. The van der Waals surface area contributed by atoms with Gasteiger partial charge in [-0.3, -0.25) is 4.79 Å². The van der Waals surface area contributed by atoms with Gasteiger partial charge < -0.3 is 14.8 Å². The number of amides is 1. The van der Waals surface area contributed by atoms with E-state index in [0.717, 1.165) is 22.6 Å². The maximum Gasteiger partial charge on any atom is 0.261 e. The largest absolute Gasteiger partial charge is 0.349 e. The van der Waals surface area contributed by atoms with Crippen molar-refractivity contribution in [1.82, 2.24) is 5.32 Å². The number of carbonyl (C=O) groups is 1. The lowest BCUT2D eigenvalue weighted by Crippen LogP contribution is -2.36. The monoisotopic (exact) mass is 253 g/mol. The topological polar surface area (TPSA) is 50.9 Å². The fourth-order valence-corrected chi connectivity index (χ4v) is 2.84. The second-order valence-electron chi connectivity index (χ2n) is 4.50. The van der Waals surface area contributed by atoms with E-state index in [1.54, 1.807) is 0 Å². The van der Waals surface area contributed by atoms with Gasteiger partial charge in [-0.15, -0.1) is 11.3 Å². The zero-order valence-corrected chi connectivity index (χ0v) is 10.5. The number of nitrogens with one attached hydrogen (secondary N) is 1. The van der Waals surface area contributed by atoms with Crippen molar-refractivity contribution >= 4 is 17.2 Å². The van der Waals surface area contributed by atoms with Gasteiger partial charge in [0, 0.05) is 11.4 Å². The minimum absolute atomic E-state index is 0.00497. The van der Waals surface area contributed by atoms with Crippen LogP contribution in [0, 0.1) is 6.92 Å². The molecule has 0 spiro atoms. The summed E-state index contributed by atoms with van der Waals surface area (Å²) in [7, 11) is 0. The molecule has 0 aliphatic carbocycles. The number of aryl methyl sites for hydroxylation is 1. The molecule has 1 aromatic heterocycles. The van der Waals surface area contributed by atoms with Gasteiger partial charge in [-0.1, -0.05) is 0 Å². The Kier molecular flexibility index (Phi) is 2.90. The number of epoxide rings is 1. The van der Waals surface area contributed by atoms with E-state index in [0.29, 0.717) is 12.6 Å². The Balaban J connectivity index is 1.48. The van der Waals surface area contributed by atoms with Crippen molar-refractivity contribution in [3.8, 4) is 0 Å². The molecule has 1 aromatic rings. The summed E-state index contributed by atoms with van der Waals surface area (Å²) < 4.78 is 10.9. The molecular weight excluding hydrogens is 238 g/mol. The van der Waals surface area contributed by atoms with E-state index >= 15 is 0 Å². The number of hydrogen-bond acceptors (Lipinski definition) is 4. The van der Waals surface area contributed by atoms with Gasteiger partial charge in [-0.05, 0) is 31.9 Å². The third-order valence-corrected chi connectivity index (χ3v) is 4.09. The van der Waals surface area contributed by atoms with Crippen LogP contribution in [0.1, 0.15) is 27.4 Å². The second-order valence-corrected chi connectivity index (χ2v) is 5.79. The molecule has 0 radical (unpaired) electrons. The molecule has 2 aliphatic heterocycles. The summed E-state index contributed by atoms with van der Waals surface area (Å²) in [6.45, 7) is 2.57. The van der Waals surface area contributed by atoms with Crippen LogP contribution < -0.4 is 5.32 Å². The van der Waals surface area contributed by atoms with Crippen molar-refractivity contribution in [2.24, 2.45) is 0 Å². The van der Waals surface area contributed by atoms with Crippen molar-refractivity contribution in [1.29, 1.82) is 0 Å². The molecule has 4 nitrogen and oxygen atoms in total. The van der Waals surface area contributed by atoms with Crippen LogP contribution in [0.15, 0.2) is 12.1 Å². The van der Waals surface area contributed by atoms with E-state index in [-0.39, 0.29) is 18.3 Å². The highest BCUT2D eigenvalue weighted by Crippen LogP contribution is 2.34. The normalized spacial score (nSPS) is 30.8. The smallest absolute Gasteiger partial charge is 0.261 e. The molecule has 1 N–H and O–H groups in total. The second kappa shape index (κ2) is 4.40. The van der Waals surface area contributed by atoms with Crippen molar-refractivity contribution in [3.05, 3.63) is 21.9 Å². The maximum atomic E-state index is 11.8. The summed E-state index contributed by atoms with van der Waals surface area (Å²) in [6.07, 6.45) is 2.43. The van der Waals surface area contributed by atoms with Gasteiger partial charge in [-0.25, -0.2) is 0 Å². The average molecular weight is 253 g/mol. The lowest BCUT2D eigenvalue weighted by atomic mass is 10.1. The first-order valence-corrected chi connectivity index (χ1v) is 6.69. The predicted octanol–water partition coefficient (Wildman–Crippen LogP) is 1.69. The first-order valence-electron chi connectivity index (χ1n) is 5.88. The molecule has 1 amide bonds. The summed E-state index contributed by atoms with van der Waals surface area (Å²) in [5.41, 5.74) is 0. The van der Waals surface area contributed by atoms with Crippen LogP contribution in [0.5, 0.6) is 0 Å². The molecular formula is C12H15NO3S. The van der Waals surface area contributed by atoms with E-state index in [4.69, 9.17) is 9.47 Å². The van der Waals surface area contributed by atoms with Crippen LogP contribution in [0.3, 0.4) is 0 Å². The van der Waals surface area contributed by atoms with Crippen LogP contribution in [0.25, 0.3) is 0 Å². The Labute approximate surface area is 104 Å². The number of rotatable bonds is 3. The Morgan fingerprint density at radius 1 is 1.47 bits per heavy atom. The Morgan fingerprint density at radius 2 is 2.35 bits per heavy atom. The molecule has 3 rings (SSSR count). The quantitative estimate of drug-likeness (QED) is 0.834. The van der Waals surface area contributed by atoms with Crippen LogP contribution in [-0.2, 0) is 9.47 Å². The first kappa shape index (κ1) is 11.2. The predicted molar refractivity (Wildman–Crippen MR) is 64.2 cm³/mol. The van der Waals surface area contributed by atoms with Crippen LogP contribution in [0.4, 0.5) is 0 Å². The van der Waals surface area contributed by atoms with Gasteiger partial charge in [0.1, 0.15) is 6.10 Å². The Bertz CT molecular complexity index is 431. The van der Waals surface area contributed by atoms with Gasteiger partial charge in [-0.2, -0.15) is 0 Å². The summed E-state index contributed by atoms with van der Waals surface area (Å²) in [4.78, 5) is 13.7. The van der Waals surface area contributed by atoms with Gasteiger partial charge in [0.2, 0.25) is 0 Å². The molecule has 3 heterocycles. The summed E-state index contributed by atoms with van der Waals surface area (Å²) >= 11 is 1.51. The van der Waals surface area contributed by atoms with E-state index in [9.17, 15) is 4.79 Å². The zero-order valence-electron chi connectivity index (χ0n) is 9.64. The Hall–Kier alpha value is -0.910. The highest BCUT2D eigenvalue weighted by molar-refractivity contribution is 7.13. The maximum absolute atomic E-state index is 11.8. The van der Waals surface area contributed by atoms with Gasteiger partial charge >= 0.3 is 0 Å². The van der Waals surface area contributed by atoms with Crippen molar-refractivity contribution in [3.63, 3.8) is 0 Å². The molecule has 0 aromatic carbocycles. The molecule has 3 atom stereocenters. The third kappa shape index (κ3) is 2.51. The van der Waals surface area contributed by atoms with E-state index in [1.807, 2.05) is 19.1 Å². The fourth-order valence-electron chi connectivity index (χ4n) is 2.06. The molecule has 2 saturated heterocycles. The van der Waals surface area contributed by atoms with Crippen LogP contribution in [0.2, 0.25) is 0 Å². The van der Waals surface area contributed by atoms with Gasteiger partial charge in [0.25, 0.3) is 5.91 Å². The number of carbonyl (C=O) groups excluding carboxylic acids is 1. The number of ether oxygens (including phenoxy) is 2. The van der Waals surface area contributed by atoms with E-state index in [2.05, 4.69) is 5.32 Å². The number of hydrogen-bond donors (Lipinski definition) is 1. The SMILES string of the molecule is Cc1ccc(C(=O)NC[C@H]2CCC3OC3O2)s1. The highest BCUT2D eigenvalue weighted by atomic mass is 32.1. The van der Waals surface area contributed by atoms with Crippen LogP contribution >= 0.6 is 11.3 Å². The minimum atomic E-state index is -0.00876. The van der Waals surface area contributed by atoms with Crippen molar-refractivity contribution in [2.45, 2.75) is 38.3 Å². The summed E-state index contributed by atoms with van der Waals surface area (Å²) in [5, 5.41) is 2.91. The molecule has 2 fully saturated rings. The molecule has 2 aliphatic rings. The number of fused-ring (bicyclic) bond motifs is 1. The minimum Gasteiger partial charge on any atom is -0.349 e. The molecule has 5 heteroatoms. The Morgan fingerprint density at radius 3 is 3.06 bits per heavy atom. The summed E-state index contributed by atoms with van der Waals surface area (Å²) in [5.74, 6) is -0.00876. The van der Waals surface area contributed by atoms with Crippen molar-refractivity contribution < 1.29 is 14.3 Å². The highest BCUT2D eigenvalue weighted by Gasteiger charge is 2.45. The van der Waals surface area contributed by atoms with Gasteiger partial charge in [0.05, 0.1) is 11.0 Å². The summed E-state index contributed by atoms with van der Waals surface area (Å²) in [6, 6.07) is 3.82. The molecule has 17 heavy (non-hydrogen) atoms. The standard InChI is InChI=1S/C12H15NO3S/c1-7-2-5-10(17-7)11(14)13-6-8-3-4-9-12(15-8)16-9/h2,5,8-9,12H,3-4,6H2,1H3,(H,13,14)/t8-,9?,12?/m1/s1. The third-order valence-electron chi connectivity index (χ3n) is 3.09. The number of thiophene rings is 1. The van der Waals surface area contributed by atoms with E-state index < -0.39 is 0 Å². The van der Waals surface area contributed by atoms with Gasteiger partial charge in [0.15, 0.2) is 6.29 Å². The molecule has 2 unspecified atom stereocenters. The zero-order chi connectivity index (χ0) is 11.8. The molecule has 92 valence electrons. The fraction of sp³-hybridized carbons (Fsp3) is 0.583. The average Bonchev–Trinajstić information content (AvgIpc) is 2.98. The van der Waals surface area contributed by atoms with E-state index in [1.165, 1.54) is 11.3 Å². The first-order chi connectivity index (χ1) is 8.22. The lowest BCUT2D eigenvalue weighted by Gasteiger charge is -2.19.